The van der Waals surface area contributed by atoms with Crippen LogP contribution in [0.4, 0.5) is 0 Å². The number of aromatic hydroxyl groups is 2. The molecule has 5 heteroatoms. The van der Waals surface area contributed by atoms with Gasteiger partial charge < -0.3 is 19.4 Å². The van der Waals surface area contributed by atoms with E-state index in [-0.39, 0.29) is 27.9 Å². The van der Waals surface area contributed by atoms with E-state index >= 15 is 0 Å². The first-order chi connectivity index (χ1) is 11.1. The predicted molar refractivity (Wildman–Crippen MR) is 86.2 cm³/mol. The third kappa shape index (κ3) is 3.13. The van der Waals surface area contributed by atoms with E-state index in [4.69, 9.17) is 9.15 Å². The van der Waals surface area contributed by atoms with E-state index in [1.165, 1.54) is 18.2 Å². The summed E-state index contributed by atoms with van der Waals surface area (Å²) in [5.41, 5.74) is 1.12. The Bertz CT molecular complexity index is 894. The van der Waals surface area contributed by atoms with Crippen molar-refractivity contribution in [3.8, 4) is 17.2 Å². The van der Waals surface area contributed by atoms with Gasteiger partial charge in [-0.25, -0.2) is 0 Å². The normalized spacial score (nSPS) is 10.8. The standard InChI is InChI=1S/C18H16O5/c1-22-12-5-2-11(3-6-12)4-7-13-8-15(19)14-9-16(20)17(21)10-18(14)23-13/h2-3,5-6,8-10,20-21H,4,7H2,1H3. The molecule has 0 aliphatic rings. The Morgan fingerprint density at radius 2 is 1.70 bits per heavy atom. The summed E-state index contributed by atoms with van der Waals surface area (Å²) in [7, 11) is 1.62. The number of methoxy groups -OCH3 is 1. The molecule has 1 aromatic heterocycles. The number of phenolic OH excluding ortho intramolecular Hbond substituents is 2. The Morgan fingerprint density at radius 3 is 2.39 bits per heavy atom. The molecule has 0 saturated carbocycles. The van der Waals surface area contributed by atoms with Crippen molar-refractivity contribution in [2.75, 3.05) is 7.11 Å². The Morgan fingerprint density at radius 1 is 1.00 bits per heavy atom. The highest BCUT2D eigenvalue weighted by molar-refractivity contribution is 5.80. The fourth-order valence-corrected chi connectivity index (χ4v) is 2.41. The minimum atomic E-state index is -0.337. The van der Waals surface area contributed by atoms with Gasteiger partial charge in [0.2, 0.25) is 0 Å². The molecule has 3 rings (SSSR count). The van der Waals surface area contributed by atoms with Crippen molar-refractivity contribution in [3.63, 3.8) is 0 Å². The molecule has 0 bridgehead atoms. The summed E-state index contributed by atoms with van der Waals surface area (Å²) in [6.07, 6.45) is 1.27. The Kier molecular flexibility index (Phi) is 3.93. The largest absolute Gasteiger partial charge is 0.504 e. The van der Waals surface area contributed by atoms with Gasteiger partial charge in [-0.2, -0.15) is 0 Å². The second-order valence-electron chi connectivity index (χ2n) is 5.26. The smallest absolute Gasteiger partial charge is 0.193 e. The van der Waals surface area contributed by atoms with Gasteiger partial charge in [0.15, 0.2) is 16.9 Å². The molecular formula is C18H16O5. The number of benzene rings is 2. The quantitative estimate of drug-likeness (QED) is 0.724. The molecule has 0 radical (unpaired) electrons. The molecule has 1 heterocycles. The molecule has 0 unspecified atom stereocenters. The van der Waals surface area contributed by atoms with Crippen LogP contribution < -0.4 is 10.2 Å². The van der Waals surface area contributed by atoms with Crippen molar-refractivity contribution in [3.05, 3.63) is 64.0 Å². The van der Waals surface area contributed by atoms with Crippen molar-refractivity contribution in [1.29, 1.82) is 0 Å². The van der Waals surface area contributed by atoms with E-state index < -0.39 is 0 Å². The SMILES string of the molecule is COc1ccc(CCc2cc(=O)c3cc(O)c(O)cc3o2)cc1. The maximum Gasteiger partial charge on any atom is 0.193 e. The number of ether oxygens (including phenoxy) is 1. The highest BCUT2D eigenvalue weighted by Gasteiger charge is 2.09. The zero-order valence-electron chi connectivity index (χ0n) is 12.6. The van der Waals surface area contributed by atoms with Crippen LogP contribution >= 0.6 is 0 Å². The average Bonchev–Trinajstić information content (AvgIpc) is 2.55. The number of phenols is 2. The summed E-state index contributed by atoms with van der Waals surface area (Å²) in [6.45, 7) is 0. The van der Waals surface area contributed by atoms with Crippen molar-refractivity contribution in [2.24, 2.45) is 0 Å². The van der Waals surface area contributed by atoms with Gasteiger partial charge in [0.05, 0.1) is 12.5 Å². The van der Waals surface area contributed by atoms with E-state index in [2.05, 4.69) is 0 Å². The molecule has 0 spiro atoms. The van der Waals surface area contributed by atoms with Crippen LogP contribution in [0, 0.1) is 0 Å². The molecule has 23 heavy (non-hydrogen) atoms. The summed E-state index contributed by atoms with van der Waals surface area (Å²) in [5.74, 6) is 0.674. The van der Waals surface area contributed by atoms with Crippen LogP contribution in [-0.4, -0.2) is 17.3 Å². The summed E-state index contributed by atoms with van der Waals surface area (Å²) in [5, 5.41) is 19.2. The van der Waals surface area contributed by atoms with Crippen LogP contribution in [0.25, 0.3) is 11.0 Å². The lowest BCUT2D eigenvalue weighted by atomic mass is 10.1. The molecule has 0 aliphatic heterocycles. The van der Waals surface area contributed by atoms with Crippen molar-refractivity contribution in [2.45, 2.75) is 12.8 Å². The fourth-order valence-electron chi connectivity index (χ4n) is 2.41. The van der Waals surface area contributed by atoms with Crippen LogP contribution in [-0.2, 0) is 12.8 Å². The summed E-state index contributed by atoms with van der Waals surface area (Å²) in [6, 6.07) is 11.6. The predicted octanol–water partition coefficient (Wildman–Crippen LogP) is 3.00. The Balaban J connectivity index is 1.85. The minimum Gasteiger partial charge on any atom is -0.504 e. The van der Waals surface area contributed by atoms with Gasteiger partial charge in [-0.15, -0.1) is 0 Å². The molecule has 0 fully saturated rings. The fraction of sp³-hybridized carbons (Fsp3) is 0.167. The van der Waals surface area contributed by atoms with Crippen LogP contribution in [0.2, 0.25) is 0 Å². The maximum atomic E-state index is 12.1. The minimum absolute atomic E-state index is 0.244. The van der Waals surface area contributed by atoms with Gasteiger partial charge in [0.25, 0.3) is 0 Å². The zero-order chi connectivity index (χ0) is 16.4. The van der Waals surface area contributed by atoms with Gasteiger partial charge in [0, 0.05) is 18.6 Å². The summed E-state index contributed by atoms with van der Waals surface area (Å²) >= 11 is 0. The monoisotopic (exact) mass is 312 g/mol. The van der Waals surface area contributed by atoms with Crippen molar-refractivity contribution >= 4 is 11.0 Å². The average molecular weight is 312 g/mol. The molecule has 0 atom stereocenters. The number of hydrogen-bond donors (Lipinski definition) is 2. The van der Waals surface area contributed by atoms with Crippen LogP contribution in [0.15, 0.2) is 51.7 Å². The van der Waals surface area contributed by atoms with E-state index in [0.717, 1.165) is 11.3 Å². The molecule has 5 nitrogen and oxygen atoms in total. The molecule has 0 saturated heterocycles. The van der Waals surface area contributed by atoms with Gasteiger partial charge in [0.1, 0.15) is 17.1 Å². The van der Waals surface area contributed by atoms with Gasteiger partial charge >= 0.3 is 0 Å². The third-order valence-corrected chi connectivity index (χ3v) is 3.69. The van der Waals surface area contributed by atoms with Gasteiger partial charge in [-0.3, -0.25) is 4.79 Å². The van der Waals surface area contributed by atoms with E-state index in [1.54, 1.807) is 7.11 Å². The van der Waals surface area contributed by atoms with Crippen LogP contribution in [0.5, 0.6) is 17.2 Å². The molecule has 2 N–H and O–H groups in total. The highest BCUT2D eigenvalue weighted by atomic mass is 16.5. The summed E-state index contributed by atoms with van der Waals surface area (Å²) < 4.78 is 10.8. The van der Waals surface area contributed by atoms with Crippen LogP contribution in [0.1, 0.15) is 11.3 Å². The van der Waals surface area contributed by atoms with E-state index in [1.807, 2.05) is 24.3 Å². The second-order valence-corrected chi connectivity index (χ2v) is 5.26. The third-order valence-electron chi connectivity index (χ3n) is 3.69. The van der Waals surface area contributed by atoms with Gasteiger partial charge in [-0.05, 0) is 30.2 Å². The topological polar surface area (TPSA) is 79.9 Å². The first-order valence-corrected chi connectivity index (χ1v) is 7.18. The zero-order valence-corrected chi connectivity index (χ0v) is 12.6. The highest BCUT2D eigenvalue weighted by Crippen LogP contribution is 2.29. The Labute approximate surface area is 132 Å². The molecular weight excluding hydrogens is 296 g/mol. The number of hydrogen-bond acceptors (Lipinski definition) is 5. The second kappa shape index (κ2) is 6.04. The maximum absolute atomic E-state index is 12.1. The van der Waals surface area contributed by atoms with Gasteiger partial charge in [-0.1, -0.05) is 12.1 Å². The van der Waals surface area contributed by atoms with Crippen molar-refractivity contribution < 1.29 is 19.4 Å². The van der Waals surface area contributed by atoms with E-state index in [0.29, 0.717) is 18.6 Å². The van der Waals surface area contributed by atoms with Crippen LogP contribution in [0.3, 0.4) is 0 Å². The number of aryl methyl sites for hydroxylation is 2. The molecule has 0 aliphatic carbocycles. The number of rotatable bonds is 4. The first-order valence-electron chi connectivity index (χ1n) is 7.18. The number of fused-ring (bicyclic) bond motifs is 1. The summed E-state index contributed by atoms with van der Waals surface area (Å²) in [4.78, 5) is 12.1. The molecule has 118 valence electrons. The lowest BCUT2D eigenvalue weighted by Gasteiger charge is -2.06. The molecule has 0 amide bonds. The van der Waals surface area contributed by atoms with E-state index in [9.17, 15) is 15.0 Å². The molecule has 3 aromatic rings. The Hall–Kier alpha value is -2.95. The first kappa shape index (κ1) is 15.0. The lowest BCUT2D eigenvalue weighted by molar-refractivity contribution is 0.403. The molecule has 2 aromatic carbocycles. The van der Waals surface area contributed by atoms with Crippen molar-refractivity contribution in [1.82, 2.24) is 0 Å². The lowest BCUT2D eigenvalue weighted by Crippen LogP contribution is -2.03.